The third-order valence-corrected chi connectivity index (χ3v) is 3.77. The molecule has 0 saturated carbocycles. The van der Waals surface area contributed by atoms with Crippen molar-refractivity contribution in [3.05, 3.63) is 20.9 Å². The van der Waals surface area contributed by atoms with Crippen LogP contribution in [0.3, 0.4) is 0 Å². The van der Waals surface area contributed by atoms with E-state index in [0.717, 1.165) is 5.75 Å². The van der Waals surface area contributed by atoms with Gasteiger partial charge in [0.2, 0.25) is 0 Å². The molecule has 2 heteroatoms. The minimum absolute atomic E-state index is 0.880. The lowest BCUT2D eigenvalue weighted by molar-refractivity contribution is 1.31. The van der Waals surface area contributed by atoms with Crippen LogP contribution < -0.4 is 0 Å². The van der Waals surface area contributed by atoms with E-state index in [1.807, 2.05) is 11.3 Å². The predicted octanol–water partition coefficient (Wildman–Crippen LogP) is 3.10. The minimum atomic E-state index is 0.880. The molecule has 1 aromatic heterocycles. The van der Waals surface area contributed by atoms with E-state index >= 15 is 0 Å². The summed E-state index contributed by atoms with van der Waals surface area (Å²) < 4.78 is 0. The van der Waals surface area contributed by atoms with Crippen LogP contribution >= 0.6 is 24.0 Å². The average molecular weight is 172 g/mol. The third-order valence-electron chi connectivity index (χ3n) is 1.93. The lowest BCUT2D eigenvalue weighted by atomic mass is 10.2. The Bertz CT molecular complexity index is 236. The summed E-state index contributed by atoms with van der Waals surface area (Å²) >= 11 is 6.12. The molecule has 0 bridgehead atoms. The highest BCUT2D eigenvalue weighted by atomic mass is 32.1. The van der Waals surface area contributed by atoms with E-state index in [2.05, 4.69) is 33.4 Å². The normalized spacial score (nSPS) is 10.4. The van der Waals surface area contributed by atoms with E-state index in [4.69, 9.17) is 0 Å². The van der Waals surface area contributed by atoms with Crippen LogP contribution in [0, 0.1) is 20.8 Å². The van der Waals surface area contributed by atoms with E-state index in [9.17, 15) is 0 Å². The highest BCUT2D eigenvalue weighted by Crippen LogP contribution is 2.27. The quantitative estimate of drug-likeness (QED) is 0.618. The molecule has 0 aliphatic heterocycles. The van der Waals surface area contributed by atoms with Gasteiger partial charge in [-0.05, 0) is 31.9 Å². The Morgan fingerprint density at radius 2 is 1.80 bits per heavy atom. The van der Waals surface area contributed by atoms with Gasteiger partial charge >= 0.3 is 0 Å². The van der Waals surface area contributed by atoms with Crippen molar-refractivity contribution in [2.75, 3.05) is 0 Å². The fourth-order valence-corrected chi connectivity index (χ4v) is 2.44. The molecule has 56 valence electrons. The van der Waals surface area contributed by atoms with Crippen LogP contribution in [0.25, 0.3) is 0 Å². The number of thiol groups is 1. The van der Waals surface area contributed by atoms with Crippen LogP contribution in [0.2, 0.25) is 0 Å². The largest absolute Gasteiger partial charge is 0.174 e. The second-order valence-electron chi connectivity index (χ2n) is 2.49. The topological polar surface area (TPSA) is 0 Å². The van der Waals surface area contributed by atoms with Gasteiger partial charge in [-0.3, -0.25) is 0 Å². The monoisotopic (exact) mass is 172 g/mol. The first-order valence-corrected chi connectivity index (χ1v) is 4.78. The lowest BCUT2D eigenvalue weighted by Gasteiger charge is -1.91. The molecular weight excluding hydrogens is 160 g/mol. The van der Waals surface area contributed by atoms with Gasteiger partial charge in [0.15, 0.2) is 0 Å². The summed E-state index contributed by atoms with van der Waals surface area (Å²) in [4.78, 5) is 2.85. The number of aryl methyl sites for hydroxylation is 1. The van der Waals surface area contributed by atoms with E-state index < -0.39 is 0 Å². The highest BCUT2D eigenvalue weighted by Gasteiger charge is 2.05. The van der Waals surface area contributed by atoms with Crippen LogP contribution in [-0.2, 0) is 5.75 Å². The molecule has 1 heterocycles. The second-order valence-corrected chi connectivity index (χ2v) is 4.12. The number of hydrogen-bond acceptors (Lipinski definition) is 2. The SMILES string of the molecule is Cc1sc(CS)c(C)c1C. The first-order valence-electron chi connectivity index (χ1n) is 3.33. The zero-order chi connectivity index (χ0) is 7.72. The van der Waals surface area contributed by atoms with Crippen molar-refractivity contribution < 1.29 is 0 Å². The van der Waals surface area contributed by atoms with Crippen LogP contribution in [0.4, 0.5) is 0 Å². The molecule has 0 nitrogen and oxygen atoms in total. The van der Waals surface area contributed by atoms with Crippen molar-refractivity contribution in [3.63, 3.8) is 0 Å². The zero-order valence-corrected chi connectivity index (χ0v) is 8.27. The Labute approximate surface area is 71.7 Å². The molecule has 1 rings (SSSR count). The van der Waals surface area contributed by atoms with E-state index in [1.165, 1.54) is 20.9 Å². The van der Waals surface area contributed by atoms with Gasteiger partial charge in [0.05, 0.1) is 0 Å². The molecule has 0 spiro atoms. The van der Waals surface area contributed by atoms with E-state index in [1.54, 1.807) is 0 Å². The molecule has 0 atom stereocenters. The maximum absolute atomic E-state index is 4.25. The van der Waals surface area contributed by atoms with Crippen LogP contribution in [0.5, 0.6) is 0 Å². The summed E-state index contributed by atoms with van der Waals surface area (Å²) in [6.07, 6.45) is 0. The molecule has 0 aromatic carbocycles. The zero-order valence-electron chi connectivity index (χ0n) is 6.56. The van der Waals surface area contributed by atoms with Gasteiger partial charge in [0.1, 0.15) is 0 Å². The van der Waals surface area contributed by atoms with Crippen molar-refractivity contribution in [2.45, 2.75) is 26.5 Å². The number of rotatable bonds is 1. The number of hydrogen-bond donors (Lipinski definition) is 1. The van der Waals surface area contributed by atoms with Gasteiger partial charge in [-0.25, -0.2) is 0 Å². The average Bonchev–Trinajstić information content (AvgIpc) is 2.17. The smallest absolute Gasteiger partial charge is 0.0251 e. The summed E-state index contributed by atoms with van der Waals surface area (Å²) in [5, 5.41) is 0. The van der Waals surface area contributed by atoms with Crippen LogP contribution in [0.1, 0.15) is 20.9 Å². The van der Waals surface area contributed by atoms with Crippen molar-refractivity contribution in [1.82, 2.24) is 0 Å². The third kappa shape index (κ3) is 1.23. The van der Waals surface area contributed by atoms with Gasteiger partial charge in [0.25, 0.3) is 0 Å². The maximum Gasteiger partial charge on any atom is 0.0251 e. The molecule has 0 fully saturated rings. The van der Waals surface area contributed by atoms with Crippen LogP contribution in [-0.4, -0.2) is 0 Å². The van der Waals surface area contributed by atoms with Crippen LogP contribution in [0.15, 0.2) is 0 Å². The molecule has 0 aliphatic carbocycles. The molecule has 0 unspecified atom stereocenters. The second kappa shape index (κ2) is 2.97. The lowest BCUT2D eigenvalue weighted by Crippen LogP contribution is -1.77. The van der Waals surface area contributed by atoms with E-state index in [0.29, 0.717) is 0 Å². The summed E-state index contributed by atoms with van der Waals surface area (Å²) in [5.74, 6) is 0.880. The Balaban J connectivity index is 3.17. The molecular formula is C8H12S2. The molecule has 0 saturated heterocycles. The molecule has 0 aliphatic rings. The minimum Gasteiger partial charge on any atom is -0.174 e. The predicted molar refractivity (Wildman–Crippen MR) is 51.2 cm³/mol. The first-order chi connectivity index (χ1) is 4.66. The van der Waals surface area contributed by atoms with Crippen molar-refractivity contribution in [1.29, 1.82) is 0 Å². The van der Waals surface area contributed by atoms with Crippen molar-refractivity contribution >= 4 is 24.0 Å². The Morgan fingerprint density at radius 1 is 1.20 bits per heavy atom. The Kier molecular flexibility index (Phi) is 2.42. The maximum atomic E-state index is 4.25. The fourth-order valence-electron chi connectivity index (χ4n) is 0.962. The summed E-state index contributed by atoms with van der Waals surface area (Å²) in [5.41, 5.74) is 2.87. The van der Waals surface area contributed by atoms with Gasteiger partial charge in [-0.15, -0.1) is 11.3 Å². The standard InChI is InChI=1S/C8H12S2/c1-5-6(2)8(4-9)10-7(5)3/h9H,4H2,1-3H3. The molecule has 0 amide bonds. The summed E-state index contributed by atoms with van der Waals surface area (Å²) in [6.45, 7) is 6.51. The van der Waals surface area contributed by atoms with Gasteiger partial charge in [-0.2, -0.15) is 12.6 Å². The molecule has 10 heavy (non-hydrogen) atoms. The first kappa shape index (κ1) is 8.15. The van der Waals surface area contributed by atoms with Gasteiger partial charge < -0.3 is 0 Å². The number of thiophene rings is 1. The highest BCUT2D eigenvalue weighted by molar-refractivity contribution is 7.79. The fraction of sp³-hybridized carbons (Fsp3) is 0.500. The van der Waals surface area contributed by atoms with Crippen molar-refractivity contribution in [3.8, 4) is 0 Å². The molecule has 0 N–H and O–H groups in total. The summed E-state index contributed by atoms with van der Waals surface area (Å²) in [6, 6.07) is 0. The van der Waals surface area contributed by atoms with Crippen molar-refractivity contribution in [2.24, 2.45) is 0 Å². The van der Waals surface area contributed by atoms with Gasteiger partial charge in [-0.1, -0.05) is 0 Å². The molecule has 1 aromatic rings. The Hall–Kier alpha value is 0.0500. The molecule has 0 radical (unpaired) electrons. The Morgan fingerprint density at radius 3 is 2.00 bits per heavy atom. The van der Waals surface area contributed by atoms with Gasteiger partial charge in [0, 0.05) is 15.5 Å². The summed E-state index contributed by atoms with van der Waals surface area (Å²) in [7, 11) is 0. The van der Waals surface area contributed by atoms with E-state index in [-0.39, 0.29) is 0 Å².